The van der Waals surface area contributed by atoms with E-state index in [-0.39, 0.29) is 0 Å². The maximum Gasteiger partial charge on any atom is 0.460 e. The molecule has 0 aliphatic carbocycles. The first-order chi connectivity index (χ1) is 8.75. The van der Waals surface area contributed by atoms with Crippen LogP contribution in [0.15, 0.2) is 0 Å². The number of halogens is 7. The van der Waals surface area contributed by atoms with Crippen molar-refractivity contribution in [1.82, 2.24) is 9.78 Å². The van der Waals surface area contributed by atoms with E-state index in [9.17, 15) is 40.8 Å². The van der Waals surface area contributed by atoms with Crippen molar-refractivity contribution in [3.8, 4) is 0 Å². The molecule has 0 saturated carbocycles. The monoisotopic (exact) mass is 309 g/mol. The molecule has 0 aromatic carbocycles. The van der Waals surface area contributed by atoms with Crippen LogP contribution in [0.2, 0.25) is 0 Å². The van der Waals surface area contributed by atoms with Gasteiger partial charge in [0.25, 0.3) is 0 Å². The molecule has 1 heterocycles. The number of aryl methyl sites for hydroxylation is 1. The standard InChI is InChI=1S/C8H6F7N3O2/c1-3-4(18(19)20)5(16-17(3)2)6(9,10)7(11,12)8(13,14)15/h1-2H3. The molecule has 20 heavy (non-hydrogen) atoms. The lowest BCUT2D eigenvalue weighted by Gasteiger charge is -2.26. The van der Waals surface area contributed by atoms with Crippen molar-refractivity contribution >= 4 is 5.69 Å². The summed E-state index contributed by atoms with van der Waals surface area (Å²) in [5.41, 5.74) is -4.39. The molecule has 0 N–H and O–H groups in total. The van der Waals surface area contributed by atoms with Gasteiger partial charge in [0.15, 0.2) is 0 Å². The normalized spacial score (nSPS) is 13.7. The third kappa shape index (κ3) is 2.08. The van der Waals surface area contributed by atoms with E-state index in [2.05, 4.69) is 5.10 Å². The highest BCUT2D eigenvalue weighted by molar-refractivity contribution is 5.44. The van der Waals surface area contributed by atoms with E-state index in [1.165, 1.54) is 0 Å². The summed E-state index contributed by atoms with van der Waals surface area (Å²) in [4.78, 5) is 9.08. The minimum Gasteiger partial charge on any atom is -0.265 e. The second kappa shape index (κ2) is 4.31. The summed E-state index contributed by atoms with van der Waals surface area (Å²) < 4.78 is 88.9. The number of alkyl halides is 7. The van der Waals surface area contributed by atoms with Crippen LogP contribution in [0.5, 0.6) is 0 Å². The fourth-order valence-electron chi connectivity index (χ4n) is 1.35. The van der Waals surface area contributed by atoms with Crippen LogP contribution in [-0.4, -0.2) is 26.8 Å². The predicted molar refractivity (Wildman–Crippen MR) is 49.5 cm³/mol. The van der Waals surface area contributed by atoms with E-state index < -0.39 is 40.0 Å². The van der Waals surface area contributed by atoms with E-state index in [1.807, 2.05) is 0 Å². The number of aromatic nitrogens is 2. The van der Waals surface area contributed by atoms with Gasteiger partial charge in [0.2, 0.25) is 5.69 Å². The van der Waals surface area contributed by atoms with E-state index in [0.717, 1.165) is 14.0 Å². The van der Waals surface area contributed by atoms with E-state index in [1.54, 1.807) is 0 Å². The Morgan fingerprint density at radius 3 is 1.95 bits per heavy atom. The Bertz CT molecular complexity index is 549. The summed E-state index contributed by atoms with van der Waals surface area (Å²) in [5.74, 6) is -12.4. The fraction of sp³-hybridized carbons (Fsp3) is 0.625. The quantitative estimate of drug-likeness (QED) is 0.490. The Morgan fingerprint density at radius 1 is 1.15 bits per heavy atom. The van der Waals surface area contributed by atoms with E-state index >= 15 is 0 Å². The maximum absolute atomic E-state index is 13.4. The van der Waals surface area contributed by atoms with Crippen LogP contribution in [0.25, 0.3) is 0 Å². The molecule has 1 aromatic rings. The maximum atomic E-state index is 13.4. The van der Waals surface area contributed by atoms with Crippen LogP contribution in [-0.2, 0) is 13.0 Å². The SMILES string of the molecule is Cc1c([N+](=O)[O-])c(C(F)(F)C(F)(F)C(F)(F)F)nn1C. The van der Waals surface area contributed by atoms with Gasteiger partial charge in [0.1, 0.15) is 5.69 Å². The van der Waals surface area contributed by atoms with Crippen LogP contribution in [0.4, 0.5) is 36.4 Å². The molecule has 0 amide bonds. The summed E-state index contributed by atoms with van der Waals surface area (Å²) in [6.07, 6.45) is -6.59. The van der Waals surface area contributed by atoms with Gasteiger partial charge in [-0.2, -0.15) is 35.8 Å². The molecular formula is C8H6F7N3O2. The van der Waals surface area contributed by atoms with Crippen molar-refractivity contribution in [3.63, 3.8) is 0 Å². The highest BCUT2D eigenvalue weighted by Gasteiger charge is 2.76. The molecule has 0 aliphatic rings. The van der Waals surface area contributed by atoms with Crippen molar-refractivity contribution < 1.29 is 35.7 Å². The van der Waals surface area contributed by atoms with Crippen molar-refractivity contribution in [3.05, 3.63) is 21.5 Å². The van der Waals surface area contributed by atoms with Crippen LogP contribution >= 0.6 is 0 Å². The zero-order valence-corrected chi connectivity index (χ0v) is 9.80. The largest absolute Gasteiger partial charge is 0.460 e. The molecule has 0 spiro atoms. The first-order valence-corrected chi connectivity index (χ1v) is 4.76. The highest BCUT2D eigenvalue weighted by atomic mass is 19.4. The summed E-state index contributed by atoms with van der Waals surface area (Å²) in [6.45, 7) is 0.885. The Morgan fingerprint density at radius 2 is 1.60 bits per heavy atom. The summed E-state index contributed by atoms with van der Waals surface area (Å²) in [6, 6.07) is 0. The number of nitrogens with zero attached hydrogens (tertiary/aromatic N) is 3. The Hall–Kier alpha value is -1.88. The topological polar surface area (TPSA) is 61.0 Å². The Balaban J connectivity index is 3.59. The summed E-state index contributed by atoms with van der Waals surface area (Å²) in [5, 5.41) is 13.3. The minimum atomic E-state index is -6.59. The van der Waals surface area contributed by atoms with Crippen molar-refractivity contribution in [2.45, 2.75) is 24.9 Å². The number of hydrogen-bond acceptors (Lipinski definition) is 3. The average molecular weight is 309 g/mol. The number of rotatable bonds is 3. The molecule has 0 aliphatic heterocycles. The molecule has 12 heteroatoms. The zero-order chi connectivity index (χ0) is 16.1. The predicted octanol–water partition coefficient (Wildman–Crippen LogP) is 2.93. The fourth-order valence-corrected chi connectivity index (χ4v) is 1.35. The van der Waals surface area contributed by atoms with Gasteiger partial charge in [-0.15, -0.1) is 0 Å². The molecule has 0 bridgehead atoms. The van der Waals surface area contributed by atoms with Crippen LogP contribution < -0.4 is 0 Å². The van der Waals surface area contributed by atoms with Crippen molar-refractivity contribution in [2.24, 2.45) is 7.05 Å². The lowest BCUT2D eigenvalue weighted by molar-refractivity contribution is -0.394. The molecule has 0 fully saturated rings. The number of nitro groups is 1. The summed E-state index contributed by atoms with van der Waals surface area (Å²) in [7, 11) is 0.896. The first-order valence-electron chi connectivity index (χ1n) is 4.76. The van der Waals surface area contributed by atoms with E-state index in [0.29, 0.717) is 4.68 Å². The molecule has 0 radical (unpaired) electrons. The van der Waals surface area contributed by atoms with Gasteiger partial charge in [0, 0.05) is 7.05 Å². The third-order valence-electron chi connectivity index (χ3n) is 2.53. The molecule has 0 unspecified atom stereocenters. The molecule has 1 aromatic heterocycles. The van der Waals surface area contributed by atoms with Crippen LogP contribution in [0.1, 0.15) is 11.4 Å². The number of hydrogen-bond donors (Lipinski definition) is 0. The van der Waals surface area contributed by atoms with Crippen molar-refractivity contribution in [1.29, 1.82) is 0 Å². The van der Waals surface area contributed by atoms with Crippen molar-refractivity contribution in [2.75, 3.05) is 0 Å². The van der Waals surface area contributed by atoms with Crippen LogP contribution in [0, 0.1) is 17.0 Å². The summed E-state index contributed by atoms with van der Waals surface area (Å²) >= 11 is 0. The second-order valence-corrected chi connectivity index (χ2v) is 3.81. The van der Waals surface area contributed by atoms with Gasteiger partial charge >= 0.3 is 23.7 Å². The molecule has 0 saturated heterocycles. The minimum absolute atomic E-state index is 0.424. The van der Waals surface area contributed by atoms with Gasteiger partial charge in [-0.25, -0.2) is 0 Å². The zero-order valence-electron chi connectivity index (χ0n) is 9.80. The molecule has 5 nitrogen and oxygen atoms in total. The molecule has 1 rings (SSSR count). The van der Waals surface area contributed by atoms with Crippen LogP contribution in [0.3, 0.4) is 0 Å². The highest BCUT2D eigenvalue weighted by Crippen LogP contribution is 2.53. The third-order valence-corrected chi connectivity index (χ3v) is 2.53. The smallest absolute Gasteiger partial charge is 0.265 e. The van der Waals surface area contributed by atoms with Gasteiger partial charge in [-0.3, -0.25) is 14.8 Å². The average Bonchev–Trinajstić information content (AvgIpc) is 2.54. The van der Waals surface area contributed by atoms with Gasteiger partial charge < -0.3 is 0 Å². The first kappa shape index (κ1) is 16.2. The Kier molecular flexibility index (Phi) is 3.49. The van der Waals surface area contributed by atoms with Gasteiger partial charge in [0.05, 0.1) is 4.92 Å². The van der Waals surface area contributed by atoms with Gasteiger partial charge in [-0.05, 0) is 6.92 Å². The molecular weight excluding hydrogens is 303 g/mol. The Labute approximate surface area is 106 Å². The second-order valence-electron chi connectivity index (χ2n) is 3.81. The lowest BCUT2D eigenvalue weighted by atomic mass is 10.1. The lowest BCUT2D eigenvalue weighted by Crippen LogP contribution is -2.50. The van der Waals surface area contributed by atoms with E-state index in [4.69, 9.17) is 0 Å². The molecule has 114 valence electrons. The van der Waals surface area contributed by atoms with Gasteiger partial charge in [-0.1, -0.05) is 0 Å². The molecule has 0 atom stereocenters.